The number of hydrogen-bond donors (Lipinski definition) is 0. The molecule has 0 saturated heterocycles. The van der Waals surface area contributed by atoms with Crippen molar-refractivity contribution in [2.75, 3.05) is 4.90 Å². The molecule has 9 aromatic rings. The van der Waals surface area contributed by atoms with E-state index >= 15 is 0 Å². The van der Waals surface area contributed by atoms with Crippen LogP contribution in [0.2, 0.25) is 0 Å². The van der Waals surface area contributed by atoms with Crippen molar-refractivity contribution >= 4 is 39.0 Å². The molecule has 1 aliphatic carbocycles. The molecule has 2 nitrogen and oxygen atoms in total. The van der Waals surface area contributed by atoms with Gasteiger partial charge in [-0.3, -0.25) is 0 Å². The van der Waals surface area contributed by atoms with Crippen molar-refractivity contribution in [3.63, 3.8) is 0 Å². The van der Waals surface area contributed by atoms with Gasteiger partial charge in [-0.15, -0.1) is 0 Å². The molecule has 0 fully saturated rings. The van der Waals surface area contributed by atoms with Crippen LogP contribution in [0.5, 0.6) is 0 Å². The van der Waals surface area contributed by atoms with Gasteiger partial charge in [-0.1, -0.05) is 158 Å². The van der Waals surface area contributed by atoms with E-state index in [-0.39, 0.29) is 0 Å². The van der Waals surface area contributed by atoms with Crippen LogP contribution < -0.4 is 4.90 Å². The Morgan fingerprint density at radius 1 is 0.392 bits per heavy atom. The molecule has 0 radical (unpaired) electrons. The second kappa shape index (κ2) is 11.8. The minimum absolute atomic E-state index is 0.504. The predicted octanol–water partition coefficient (Wildman–Crippen LogP) is 13.1. The predicted molar refractivity (Wildman–Crippen MR) is 211 cm³/mol. The van der Waals surface area contributed by atoms with E-state index in [0.29, 0.717) is 0 Å². The quantitative estimate of drug-likeness (QED) is 0.178. The number of fused-ring (bicyclic) bond motifs is 6. The van der Waals surface area contributed by atoms with E-state index in [1.807, 2.05) is 6.07 Å². The van der Waals surface area contributed by atoms with Crippen LogP contribution in [0.1, 0.15) is 22.3 Å². The molecule has 1 heterocycles. The Morgan fingerprint density at radius 2 is 0.961 bits per heavy atom. The summed E-state index contributed by atoms with van der Waals surface area (Å²) in [5.41, 5.74) is 14.3. The largest absolute Gasteiger partial charge is 0.456 e. The zero-order chi connectivity index (χ0) is 33.8. The normalized spacial score (nSPS) is 12.9. The molecule has 10 rings (SSSR count). The highest BCUT2D eigenvalue weighted by molar-refractivity contribution is 6.14. The average Bonchev–Trinajstić information content (AvgIpc) is 3.73. The van der Waals surface area contributed by atoms with Gasteiger partial charge in [0.25, 0.3) is 0 Å². The van der Waals surface area contributed by atoms with E-state index in [2.05, 4.69) is 199 Å². The average molecular weight is 652 g/mol. The maximum absolute atomic E-state index is 6.61. The van der Waals surface area contributed by atoms with Gasteiger partial charge in [0.1, 0.15) is 11.2 Å². The summed E-state index contributed by atoms with van der Waals surface area (Å²) in [4.78, 5) is 2.41. The first-order valence-electron chi connectivity index (χ1n) is 17.5. The second-order valence-electron chi connectivity index (χ2n) is 13.3. The lowest BCUT2D eigenvalue weighted by molar-refractivity contribution is 0.669. The topological polar surface area (TPSA) is 16.4 Å². The highest BCUT2D eigenvalue weighted by Gasteiger charge is 2.46. The Bertz CT molecular complexity index is 2650. The molecule has 0 amide bonds. The van der Waals surface area contributed by atoms with E-state index in [4.69, 9.17) is 4.42 Å². The van der Waals surface area contributed by atoms with Crippen molar-refractivity contribution in [1.29, 1.82) is 0 Å². The van der Waals surface area contributed by atoms with Crippen LogP contribution in [0.3, 0.4) is 0 Å². The maximum Gasteiger partial charge on any atom is 0.138 e. The SMILES string of the molecule is c1ccc(-c2cc(N(c3ccccc3)c3cccc(C4(c5ccccc5)c5ccccc5-c5ccccc54)c3)c3c(c2)oc2ccccc23)cc1. The third-order valence-corrected chi connectivity index (χ3v) is 10.5. The maximum atomic E-state index is 6.61. The molecule has 0 bridgehead atoms. The van der Waals surface area contributed by atoms with Crippen LogP contribution in [-0.2, 0) is 5.41 Å². The first-order chi connectivity index (χ1) is 25.3. The van der Waals surface area contributed by atoms with Gasteiger partial charge < -0.3 is 9.32 Å². The Hall–Kier alpha value is -6.64. The molecule has 1 aliphatic rings. The van der Waals surface area contributed by atoms with Crippen molar-refractivity contribution in [3.8, 4) is 22.3 Å². The third kappa shape index (κ3) is 4.50. The van der Waals surface area contributed by atoms with Crippen molar-refractivity contribution in [3.05, 3.63) is 222 Å². The molecular formula is C49H33NO. The molecule has 0 spiro atoms. The summed E-state index contributed by atoms with van der Waals surface area (Å²) in [5.74, 6) is 0. The van der Waals surface area contributed by atoms with Gasteiger partial charge in [0.2, 0.25) is 0 Å². The summed E-state index contributed by atoms with van der Waals surface area (Å²) in [6.07, 6.45) is 0. The number of hydrogen-bond acceptors (Lipinski definition) is 2. The molecule has 0 saturated carbocycles. The molecule has 51 heavy (non-hydrogen) atoms. The van der Waals surface area contributed by atoms with Crippen molar-refractivity contribution < 1.29 is 4.42 Å². The van der Waals surface area contributed by atoms with Crippen LogP contribution >= 0.6 is 0 Å². The standard InChI is InChI=1S/C49H33NO/c1-4-17-34(18-5-1)35-31-45(48-42-27-12-15-30-46(42)51-47(48)32-35)50(38-22-8-3-9-23-38)39-24-16-21-37(33-39)49(36-19-6-2-7-20-36)43-28-13-10-25-40(43)41-26-11-14-29-44(41)49/h1-33H. The lowest BCUT2D eigenvalue weighted by Gasteiger charge is -2.35. The van der Waals surface area contributed by atoms with Gasteiger partial charge in [0.05, 0.1) is 16.5 Å². The number of rotatable bonds is 6. The molecule has 0 aliphatic heterocycles. The summed E-state index contributed by atoms with van der Waals surface area (Å²) in [5, 5.41) is 2.19. The third-order valence-electron chi connectivity index (χ3n) is 10.5. The van der Waals surface area contributed by atoms with E-state index in [1.54, 1.807) is 0 Å². The van der Waals surface area contributed by atoms with Crippen molar-refractivity contribution in [2.45, 2.75) is 5.41 Å². The molecule has 0 unspecified atom stereocenters. The van der Waals surface area contributed by atoms with Gasteiger partial charge in [-0.2, -0.15) is 0 Å². The van der Waals surface area contributed by atoms with E-state index in [1.165, 1.54) is 33.4 Å². The molecule has 240 valence electrons. The fourth-order valence-corrected chi connectivity index (χ4v) is 8.40. The van der Waals surface area contributed by atoms with Gasteiger partial charge in [0.15, 0.2) is 0 Å². The monoisotopic (exact) mass is 651 g/mol. The van der Waals surface area contributed by atoms with Crippen molar-refractivity contribution in [2.24, 2.45) is 0 Å². The molecule has 0 atom stereocenters. The Labute approximate surface area is 297 Å². The van der Waals surface area contributed by atoms with Crippen molar-refractivity contribution in [1.82, 2.24) is 0 Å². The highest BCUT2D eigenvalue weighted by atomic mass is 16.3. The minimum atomic E-state index is -0.504. The number of anilines is 3. The summed E-state index contributed by atoms with van der Waals surface area (Å²) in [6.45, 7) is 0. The summed E-state index contributed by atoms with van der Waals surface area (Å²) in [7, 11) is 0. The first-order valence-corrected chi connectivity index (χ1v) is 17.5. The summed E-state index contributed by atoms with van der Waals surface area (Å²) < 4.78 is 6.61. The van der Waals surface area contributed by atoms with E-state index in [9.17, 15) is 0 Å². The number of nitrogens with zero attached hydrogens (tertiary/aromatic N) is 1. The molecule has 2 heteroatoms. The molecule has 1 aromatic heterocycles. The lowest BCUT2D eigenvalue weighted by atomic mass is 9.67. The molecular weight excluding hydrogens is 619 g/mol. The fourth-order valence-electron chi connectivity index (χ4n) is 8.40. The van der Waals surface area contributed by atoms with E-state index < -0.39 is 5.41 Å². The Kier molecular flexibility index (Phi) is 6.75. The van der Waals surface area contributed by atoms with Gasteiger partial charge in [0, 0.05) is 16.8 Å². The Balaban J connectivity index is 1.28. The second-order valence-corrected chi connectivity index (χ2v) is 13.3. The molecule has 8 aromatic carbocycles. The van der Waals surface area contributed by atoms with Crippen LogP contribution in [0, 0.1) is 0 Å². The minimum Gasteiger partial charge on any atom is -0.456 e. The zero-order valence-electron chi connectivity index (χ0n) is 27.9. The smallest absolute Gasteiger partial charge is 0.138 e. The van der Waals surface area contributed by atoms with Crippen LogP contribution in [0.25, 0.3) is 44.2 Å². The first kappa shape index (κ1) is 29.3. The van der Waals surface area contributed by atoms with Crippen LogP contribution in [0.15, 0.2) is 205 Å². The lowest BCUT2D eigenvalue weighted by Crippen LogP contribution is -2.28. The number of benzene rings is 8. The zero-order valence-corrected chi connectivity index (χ0v) is 27.9. The van der Waals surface area contributed by atoms with Gasteiger partial charge in [-0.05, 0) is 87.0 Å². The van der Waals surface area contributed by atoms with Gasteiger partial charge >= 0.3 is 0 Å². The number of furan rings is 1. The van der Waals surface area contributed by atoms with Crippen LogP contribution in [-0.4, -0.2) is 0 Å². The van der Waals surface area contributed by atoms with Crippen LogP contribution in [0.4, 0.5) is 17.1 Å². The van der Waals surface area contributed by atoms with E-state index in [0.717, 1.165) is 50.1 Å². The molecule has 0 N–H and O–H groups in total. The summed E-state index contributed by atoms with van der Waals surface area (Å²) in [6, 6.07) is 72.2. The fraction of sp³-hybridized carbons (Fsp3) is 0.0204. The number of para-hydroxylation sites is 2. The van der Waals surface area contributed by atoms with Gasteiger partial charge in [-0.25, -0.2) is 0 Å². The Morgan fingerprint density at radius 3 is 1.69 bits per heavy atom. The summed E-state index contributed by atoms with van der Waals surface area (Å²) >= 11 is 0. The highest BCUT2D eigenvalue weighted by Crippen LogP contribution is 2.57.